The van der Waals surface area contributed by atoms with E-state index in [0.29, 0.717) is 12.3 Å². The standard InChI is InChI=1S/C26H24F7N5O2/c1-2-16-11-20(39)37-24(36-16)21-18(26(31,32)33)5-3-13(22(21)27)9-17-10-14(23(34)40)7-8-38(17)19-6-4-15(12-35-19)25(28,29)30/h3-6,11-12,14,17H,2,7-10H2,1H3,(H2,34,40)(H,36,37,39). The van der Waals surface area contributed by atoms with Crippen LogP contribution in [-0.4, -0.2) is 33.4 Å². The molecule has 0 aliphatic carbocycles. The molecule has 2 unspecified atom stereocenters. The Morgan fingerprint density at radius 2 is 1.85 bits per heavy atom. The minimum Gasteiger partial charge on any atom is -0.369 e. The molecule has 1 fully saturated rings. The van der Waals surface area contributed by atoms with Crippen molar-refractivity contribution in [3.05, 3.63) is 75.1 Å². The molecule has 0 bridgehead atoms. The molecule has 0 spiro atoms. The molecule has 14 heteroatoms. The van der Waals surface area contributed by atoms with Crippen molar-refractivity contribution in [2.45, 2.75) is 51.0 Å². The van der Waals surface area contributed by atoms with Gasteiger partial charge in [-0.05, 0) is 49.4 Å². The molecular weight excluding hydrogens is 547 g/mol. The van der Waals surface area contributed by atoms with E-state index in [-0.39, 0.29) is 49.3 Å². The summed E-state index contributed by atoms with van der Waals surface area (Å²) >= 11 is 0. The highest BCUT2D eigenvalue weighted by molar-refractivity contribution is 5.77. The summed E-state index contributed by atoms with van der Waals surface area (Å²) < 4.78 is 96.7. The number of nitrogens with one attached hydrogen (secondary N) is 1. The van der Waals surface area contributed by atoms with E-state index in [1.54, 1.807) is 11.8 Å². The van der Waals surface area contributed by atoms with Gasteiger partial charge in [-0.3, -0.25) is 9.59 Å². The molecule has 4 rings (SSSR count). The number of alkyl halides is 6. The Bertz CT molecular complexity index is 1450. The number of rotatable bonds is 6. The van der Waals surface area contributed by atoms with Crippen LogP contribution in [0.5, 0.6) is 0 Å². The second kappa shape index (κ2) is 10.9. The molecule has 1 saturated heterocycles. The number of amides is 1. The average molecular weight is 571 g/mol. The number of aromatic amines is 1. The first-order valence-electron chi connectivity index (χ1n) is 12.3. The van der Waals surface area contributed by atoms with Crippen LogP contribution in [0.1, 0.15) is 42.1 Å². The molecule has 1 aliphatic heterocycles. The molecule has 214 valence electrons. The number of H-pyrrole nitrogens is 1. The number of primary amides is 1. The lowest BCUT2D eigenvalue weighted by molar-refractivity contribution is -0.138. The fourth-order valence-corrected chi connectivity index (χ4v) is 4.83. The van der Waals surface area contributed by atoms with Crippen molar-refractivity contribution in [2.75, 3.05) is 11.4 Å². The van der Waals surface area contributed by atoms with Crippen LogP contribution < -0.4 is 16.2 Å². The number of anilines is 1. The number of pyridine rings is 1. The Kier molecular flexibility index (Phi) is 7.90. The lowest BCUT2D eigenvalue weighted by Crippen LogP contribution is -2.47. The van der Waals surface area contributed by atoms with Crippen molar-refractivity contribution in [3.63, 3.8) is 0 Å². The maximum absolute atomic E-state index is 15.9. The largest absolute Gasteiger partial charge is 0.417 e. The molecule has 1 aromatic carbocycles. The SMILES string of the molecule is CCc1cc(=O)[nH]c(-c2c(C(F)(F)F)ccc(CC3CC(C(N)=O)CCN3c3ccc(C(F)(F)F)cn3)c2F)n1. The third-order valence-electron chi connectivity index (χ3n) is 6.86. The highest BCUT2D eigenvalue weighted by Gasteiger charge is 2.38. The van der Waals surface area contributed by atoms with Crippen LogP contribution in [0.2, 0.25) is 0 Å². The predicted molar refractivity (Wildman–Crippen MR) is 131 cm³/mol. The van der Waals surface area contributed by atoms with Crippen LogP contribution in [0.25, 0.3) is 11.4 Å². The highest BCUT2D eigenvalue weighted by Crippen LogP contribution is 2.39. The molecule has 1 amide bonds. The molecule has 7 nitrogen and oxygen atoms in total. The van der Waals surface area contributed by atoms with E-state index >= 15 is 4.39 Å². The van der Waals surface area contributed by atoms with Gasteiger partial charge in [0.05, 0.1) is 16.7 Å². The van der Waals surface area contributed by atoms with Crippen molar-refractivity contribution in [2.24, 2.45) is 11.7 Å². The molecule has 3 heterocycles. The van der Waals surface area contributed by atoms with E-state index in [1.165, 1.54) is 0 Å². The van der Waals surface area contributed by atoms with Crippen LogP contribution in [0.3, 0.4) is 0 Å². The summed E-state index contributed by atoms with van der Waals surface area (Å²) in [6.07, 6.45) is -8.65. The van der Waals surface area contributed by atoms with Gasteiger partial charge in [-0.25, -0.2) is 14.4 Å². The summed E-state index contributed by atoms with van der Waals surface area (Å²) in [5, 5.41) is 0. The summed E-state index contributed by atoms with van der Waals surface area (Å²) in [4.78, 5) is 35.6. The normalized spacial score (nSPS) is 18.1. The fourth-order valence-electron chi connectivity index (χ4n) is 4.83. The number of hydrogen-bond donors (Lipinski definition) is 2. The van der Waals surface area contributed by atoms with Crippen molar-refractivity contribution in [1.82, 2.24) is 15.0 Å². The van der Waals surface area contributed by atoms with E-state index in [0.717, 1.165) is 24.3 Å². The van der Waals surface area contributed by atoms with E-state index in [2.05, 4.69) is 15.0 Å². The molecule has 1 aliphatic rings. The van der Waals surface area contributed by atoms with E-state index in [1.807, 2.05) is 0 Å². The third-order valence-corrected chi connectivity index (χ3v) is 6.86. The molecule has 3 aromatic rings. The van der Waals surface area contributed by atoms with Gasteiger partial charge in [0.1, 0.15) is 17.5 Å². The van der Waals surface area contributed by atoms with Gasteiger partial charge >= 0.3 is 12.4 Å². The number of carbonyl (C=O) groups excluding carboxylic acids is 1. The third kappa shape index (κ3) is 6.10. The first-order valence-corrected chi connectivity index (χ1v) is 12.3. The lowest BCUT2D eigenvalue weighted by atomic mass is 9.86. The highest BCUT2D eigenvalue weighted by atomic mass is 19.4. The zero-order valence-electron chi connectivity index (χ0n) is 21.0. The maximum Gasteiger partial charge on any atom is 0.417 e. The number of nitrogens with two attached hydrogens (primary N) is 1. The number of aryl methyl sites for hydroxylation is 1. The van der Waals surface area contributed by atoms with E-state index in [4.69, 9.17) is 5.73 Å². The smallest absolute Gasteiger partial charge is 0.369 e. The summed E-state index contributed by atoms with van der Waals surface area (Å²) in [5.74, 6) is -3.01. The Morgan fingerprint density at radius 3 is 2.42 bits per heavy atom. The van der Waals surface area contributed by atoms with Gasteiger partial charge in [0, 0.05) is 36.5 Å². The minimum atomic E-state index is -4.98. The van der Waals surface area contributed by atoms with Gasteiger partial charge in [0.15, 0.2) is 0 Å². The Morgan fingerprint density at radius 1 is 1.12 bits per heavy atom. The molecule has 2 aromatic heterocycles. The number of hydrogen-bond acceptors (Lipinski definition) is 5. The van der Waals surface area contributed by atoms with Gasteiger partial charge in [-0.1, -0.05) is 13.0 Å². The first-order chi connectivity index (χ1) is 18.7. The van der Waals surface area contributed by atoms with Crippen molar-refractivity contribution >= 4 is 11.7 Å². The summed E-state index contributed by atoms with van der Waals surface area (Å²) in [6, 6.07) is 3.96. The molecule has 3 N–H and O–H groups in total. The number of benzene rings is 1. The van der Waals surface area contributed by atoms with Crippen molar-refractivity contribution in [1.29, 1.82) is 0 Å². The first kappa shape index (κ1) is 29.0. The van der Waals surface area contributed by atoms with E-state index in [9.17, 15) is 35.9 Å². The molecular formula is C26H24F7N5O2. The van der Waals surface area contributed by atoms with Crippen LogP contribution in [0.4, 0.5) is 36.6 Å². The number of carbonyl (C=O) groups is 1. The van der Waals surface area contributed by atoms with Crippen LogP contribution in [0, 0.1) is 11.7 Å². The molecule has 40 heavy (non-hydrogen) atoms. The lowest BCUT2D eigenvalue weighted by Gasteiger charge is -2.39. The van der Waals surface area contributed by atoms with Gasteiger partial charge in [0.25, 0.3) is 5.56 Å². The van der Waals surface area contributed by atoms with Crippen LogP contribution >= 0.6 is 0 Å². The van der Waals surface area contributed by atoms with Gasteiger partial charge < -0.3 is 15.6 Å². The van der Waals surface area contributed by atoms with Crippen molar-refractivity contribution < 1.29 is 35.5 Å². The minimum absolute atomic E-state index is 0.0637. The zero-order valence-corrected chi connectivity index (χ0v) is 21.0. The van der Waals surface area contributed by atoms with Gasteiger partial charge in [-0.15, -0.1) is 0 Å². The van der Waals surface area contributed by atoms with E-state index < -0.39 is 64.1 Å². The van der Waals surface area contributed by atoms with Gasteiger partial charge in [0.2, 0.25) is 5.91 Å². The van der Waals surface area contributed by atoms with Gasteiger partial charge in [-0.2, -0.15) is 26.3 Å². The topological polar surface area (TPSA) is 105 Å². The molecule has 0 radical (unpaired) electrons. The number of nitrogens with zero attached hydrogens (tertiary/aromatic N) is 3. The second-order valence-electron chi connectivity index (χ2n) is 9.48. The maximum atomic E-state index is 15.9. The second-order valence-corrected chi connectivity index (χ2v) is 9.48. The number of halogens is 7. The summed E-state index contributed by atoms with van der Waals surface area (Å²) in [6.45, 7) is 1.77. The van der Waals surface area contributed by atoms with Crippen LogP contribution in [0.15, 0.2) is 41.3 Å². The summed E-state index contributed by atoms with van der Waals surface area (Å²) in [5.41, 5.74) is 1.45. The average Bonchev–Trinajstić information content (AvgIpc) is 2.88. The van der Waals surface area contributed by atoms with Crippen molar-refractivity contribution in [3.8, 4) is 11.4 Å². The Labute approximate surface area is 223 Å². The monoisotopic (exact) mass is 571 g/mol. The number of aromatic nitrogens is 3. The predicted octanol–water partition coefficient (Wildman–Crippen LogP) is 4.88. The number of piperidine rings is 1. The molecule has 2 atom stereocenters. The van der Waals surface area contributed by atoms with Crippen LogP contribution in [-0.2, 0) is 30.0 Å². The Hall–Kier alpha value is -3.97. The zero-order chi connectivity index (χ0) is 29.4. The molecule has 0 saturated carbocycles. The summed E-state index contributed by atoms with van der Waals surface area (Å²) in [7, 11) is 0. The Balaban J connectivity index is 1.78. The fraction of sp³-hybridized carbons (Fsp3) is 0.385. The quantitative estimate of drug-likeness (QED) is 0.411.